The van der Waals surface area contributed by atoms with Gasteiger partial charge in [-0.2, -0.15) is 0 Å². The van der Waals surface area contributed by atoms with E-state index in [1.807, 2.05) is 12.1 Å². The molecule has 1 unspecified atom stereocenters. The van der Waals surface area contributed by atoms with Crippen molar-refractivity contribution in [2.75, 3.05) is 18.0 Å². The van der Waals surface area contributed by atoms with Crippen LogP contribution in [0.5, 0.6) is 0 Å². The quantitative estimate of drug-likeness (QED) is 0.806. The Morgan fingerprint density at radius 2 is 2.00 bits per heavy atom. The molecule has 0 saturated heterocycles. The van der Waals surface area contributed by atoms with Crippen molar-refractivity contribution in [3.63, 3.8) is 0 Å². The summed E-state index contributed by atoms with van der Waals surface area (Å²) < 4.78 is 14.1. The number of halogens is 1. The lowest BCUT2D eigenvalue weighted by molar-refractivity contribution is 0.606. The standard InChI is InChI=1S/C15H25FN2/c1-4-9-18(6-3)15-8-7-12(11-14(15)16)10-13(17)5-2/h7-8,11,13H,4-6,9-10,17H2,1-3H3. The topological polar surface area (TPSA) is 29.3 Å². The molecule has 1 rings (SSSR count). The summed E-state index contributed by atoms with van der Waals surface area (Å²) >= 11 is 0. The van der Waals surface area contributed by atoms with Gasteiger partial charge in [0.1, 0.15) is 5.82 Å². The van der Waals surface area contributed by atoms with Crippen LogP contribution in [0.1, 0.15) is 39.2 Å². The number of hydrogen-bond acceptors (Lipinski definition) is 2. The molecule has 0 amide bonds. The highest BCUT2D eigenvalue weighted by molar-refractivity contribution is 5.49. The van der Waals surface area contributed by atoms with Crippen LogP contribution in [0.3, 0.4) is 0 Å². The predicted molar refractivity (Wildman–Crippen MR) is 76.5 cm³/mol. The summed E-state index contributed by atoms with van der Waals surface area (Å²) in [5.41, 5.74) is 7.58. The maximum atomic E-state index is 14.1. The molecule has 2 nitrogen and oxygen atoms in total. The smallest absolute Gasteiger partial charge is 0.146 e. The van der Waals surface area contributed by atoms with Crippen molar-refractivity contribution in [1.82, 2.24) is 0 Å². The van der Waals surface area contributed by atoms with Crippen molar-refractivity contribution >= 4 is 5.69 Å². The van der Waals surface area contributed by atoms with Crippen molar-refractivity contribution in [2.45, 2.75) is 46.1 Å². The first-order valence-electron chi connectivity index (χ1n) is 6.91. The van der Waals surface area contributed by atoms with Gasteiger partial charge in [-0.05, 0) is 43.9 Å². The van der Waals surface area contributed by atoms with Gasteiger partial charge in [0.25, 0.3) is 0 Å². The first kappa shape index (κ1) is 15.0. The van der Waals surface area contributed by atoms with E-state index in [4.69, 9.17) is 5.73 Å². The average molecular weight is 252 g/mol. The fraction of sp³-hybridized carbons (Fsp3) is 0.600. The maximum absolute atomic E-state index is 14.1. The Hall–Kier alpha value is -1.09. The van der Waals surface area contributed by atoms with Crippen LogP contribution in [0, 0.1) is 5.82 Å². The lowest BCUT2D eigenvalue weighted by atomic mass is 10.0. The van der Waals surface area contributed by atoms with Gasteiger partial charge in [0.15, 0.2) is 0 Å². The minimum atomic E-state index is -0.133. The highest BCUT2D eigenvalue weighted by Gasteiger charge is 2.11. The Bertz CT molecular complexity index is 366. The van der Waals surface area contributed by atoms with Gasteiger partial charge in [0.2, 0.25) is 0 Å². The maximum Gasteiger partial charge on any atom is 0.146 e. The summed E-state index contributed by atoms with van der Waals surface area (Å²) in [6.45, 7) is 7.93. The Morgan fingerprint density at radius 3 is 2.50 bits per heavy atom. The van der Waals surface area contributed by atoms with Crippen molar-refractivity contribution < 1.29 is 4.39 Å². The largest absolute Gasteiger partial charge is 0.369 e. The van der Waals surface area contributed by atoms with Crippen LogP contribution in [-0.4, -0.2) is 19.1 Å². The molecule has 0 bridgehead atoms. The molecular formula is C15H25FN2. The molecule has 1 aromatic carbocycles. The Morgan fingerprint density at radius 1 is 1.28 bits per heavy atom. The Balaban J connectivity index is 2.84. The van der Waals surface area contributed by atoms with Crippen LogP contribution in [0.4, 0.5) is 10.1 Å². The number of nitrogens with zero attached hydrogens (tertiary/aromatic N) is 1. The number of rotatable bonds is 7. The number of anilines is 1. The molecule has 0 aliphatic carbocycles. The molecule has 0 aliphatic heterocycles. The first-order valence-corrected chi connectivity index (χ1v) is 6.91. The van der Waals surface area contributed by atoms with Crippen LogP contribution >= 0.6 is 0 Å². The number of benzene rings is 1. The number of nitrogens with two attached hydrogens (primary N) is 1. The van der Waals surface area contributed by atoms with E-state index in [1.54, 1.807) is 6.07 Å². The zero-order valence-electron chi connectivity index (χ0n) is 11.7. The highest BCUT2D eigenvalue weighted by atomic mass is 19.1. The lowest BCUT2D eigenvalue weighted by Gasteiger charge is -2.23. The normalized spacial score (nSPS) is 12.5. The lowest BCUT2D eigenvalue weighted by Crippen LogP contribution is -2.25. The van der Waals surface area contributed by atoms with Gasteiger partial charge in [-0.25, -0.2) is 4.39 Å². The fourth-order valence-corrected chi connectivity index (χ4v) is 2.10. The van der Waals surface area contributed by atoms with E-state index in [0.29, 0.717) is 5.69 Å². The molecular weight excluding hydrogens is 227 g/mol. The summed E-state index contributed by atoms with van der Waals surface area (Å²) in [5, 5.41) is 0. The van der Waals surface area contributed by atoms with Crippen molar-refractivity contribution in [3.05, 3.63) is 29.6 Å². The highest BCUT2D eigenvalue weighted by Crippen LogP contribution is 2.21. The third-order valence-electron chi connectivity index (χ3n) is 3.25. The summed E-state index contributed by atoms with van der Waals surface area (Å²) in [6.07, 6.45) is 2.68. The summed E-state index contributed by atoms with van der Waals surface area (Å²) in [5.74, 6) is -0.133. The van der Waals surface area contributed by atoms with Gasteiger partial charge in [-0.3, -0.25) is 0 Å². The van der Waals surface area contributed by atoms with Gasteiger partial charge in [-0.15, -0.1) is 0 Å². The van der Waals surface area contributed by atoms with E-state index in [0.717, 1.165) is 37.9 Å². The van der Waals surface area contributed by atoms with Gasteiger partial charge in [0.05, 0.1) is 5.69 Å². The molecule has 0 heterocycles. The minimum Gasteiger partial charge on any atom is -0.369 e. The third-order valence-corrected chi connectivity index (χ3v) is 3.25. The number of hydrogen-bond donors (Lipinski definition) is 1. The van der Waals surface area contributed by atoms with E-state index >= 15 is 0 Å². The fourth-order valence-electron chi connectivity index (χ4n) is 2.10. The molecule has 0 spiro atoms. The van der Waals surface area contributed by atoms with Gasteiger partial charge < -0.3 is 10.6 Å². The van der Waals surface area contributed by atoms with Gasteiger partial charge >= 0.3 is 0 Å². The summed E-state index contributed by atoms with van der Waals surface area (Å²) in [6, 6.07) is 5.62. The zero-order valence-corrected chi connectivity index (χ0v) is 11.7. The average Bonchev–Trinajstić information content (AvgIpc) is 2.36. The Labute approximate surface area is 110 Å². The second kappa shape index (κ2) is 7.37. The van der Waals surface area contributed by atoms with E-state index in [2.05, 4.69) is 25.7 Å². The van der Waals surface area contributed by atoms with E-state index in [1.165, 1.54) is 0 Å². The summed E-state index contributed by atoms with van der Waals surface area (Å²) in [4.78, 5) is 2.07. The molecule has 18 heavy (non-hydrogen) atoms. The zero-order chi connectivity index (χ0) is 13.5. The van der Waals surface area contributed by atoms with Gasteiger partial charge in [-0.1, -0.05) is 19.9 Å². The monoisotopic (exact) mass is 252 g/mol. The van der Waals surface area contributed by atoms with E-state index in [-0.39, 0.29) is 11.9 Å². The molecule has 2 N–H and O–H groups in total. The van der Waals surface area contributed by atoms with Crippen molar-refractivity contribution in [2.24, 2.45) is 5.73 Å². The summed E-state index contributed by atoms with van der Waals surface area (Å²) in [7, 11) is 0. The van der Waals surface area contributed by atoms with Gasteiger partial charge in [0, 0.05) is 19.1 Å². The van der Waals surface area contributed by atoms with Crippen LogP contribution in [-0.2, 0) is 6.42 Å². The molecule has 1 atom stereocenters. The molecule has 0 aliphatic rings. The molecule has 0 radical (unpaired) electrons. The Kier molecular flexibility index (Phi) is 6.13. The predicted octanol–water partition coefficient (Wildman–Crippen LogP) is 3.34. The van der Waals surface area contributed by atoms with E-state index < -0.39 is 0 Å². The van der Waals surface area contributed by atoms with Crippen LogP contribution < -0.4 is 10.6 Å². The first-order chi connectivity index (χ1) is 8.62. The molecule has 0 aromatic heterocycles. The second-order valence-corrected chi connectivity index (χ2v) is 4.74. The van der Waals surface area contributed by atoms with Crippen LogP contribution in [0.2, 0.25) is 0 Å². The molecule has 102 valence electrons. The minimum absolute atomic E-state index is 0.119. The van der Waals surface area contributed by atoms with Crippen LogP contribution in [0.15, 0.2) is 18.2 Å². The van der Waals surface area contributed by atoms with Crippen LogP contribution in [0.25, 0.3) is 0 Å². The third kappa shape index (κ3) is 3.98. The molecule has 3 heteroatoms. The molecule has 0 saturated carbocycles. The second-order valence-electron chi connectivity index (χ2n) is 4.74. The SMILES string of the molecule is CCCN(CC)c1ccc(CC(N)CC)cc1F. The molecule has 1 aromatic rings. The van der Waals surface area contributed by atoms with E-state index in [9.17, 15) is 4.39 Å². The van der Waals surface area contributed by atoms with Crippen molar-refractivity contribution in [3.8, 4) is 0 Å². The molecule has 0 fully saturated rings. The van der Waals surface area contributed by atoms with Crippen molar-refractivity contribution in [1.29, 1.82) is 0 Å².